The summed E-state index contributed by atoms with van der Waals surface area (Å²) in [6, 6.07) is 18.2. The first-order valence-corrected chi connectivity index (χ1v) is 10.2. The maximum atomic E-state index is 12.1. The zero-order chi connectivity index (χ0) is 20.2. The van der Waals surface area contributed by atoms with Gasteiger partial charge < -0.3 is 10.1 Å². The van der Waals surface area contributed by atoms with Crippen molar-refractivity contribution >= 4 is 23.2 Å². The molecule has 144 valence electrons. The molecule has 0 saturated carbocycles. The van der Waals surface area contributed by atoms with Crippen LogP contribution in [0, 0.1) is 11.8 Å². The molecule has 1 aliphatic carbocycles. The lowest BCUT2D eigenvalue weighted by atomic mass is 9.98. The first-order chi connectivity index (χ1) is 14.1. The Balaban J connectivity index is 1.36. The molecular weight excluding hydrogens is 382 g/mol. The summed E-state index contributed by atoms with van der Waals surface area (Å²) in [6.45, 7) is 1.95. The van der Waals surface area contributed by atoms with Gasteiger partial charge in [-0.1, -0.05) is 60.4 Å². The van der Waals surface area contributed by atoms with Crippen LogP contribution in [0.25, 0.3) is 11.1 Å². The quantitative estimate of drug-likeness (QED) is 0.503. The topological polar surface area (TPSA) is 55.4 Å². The average Bonchev–Trinajstić information content (AvgIpc) is 3.33. The fraction of sp³-hybridized carbons (Fsp3) is 0.167. The number of benzene rings is 2. The van der Waals surface area contributed by atoms with Gasteiger partial charge in [0.25, 0.3) is 0 Å². The van der Waals surface area contributed by atoms with Crippen LogP contribution in [-0.4, -0.2) is 25.0 Å². The molecule has 0 aliphatic heterocycles. The van der Waals surface area contributed by atoms with E-state index in [4.69, 9.17) is 4.74 Å². The lowest BCUT2D eigenvalue weighted by molar-refractivity contribution is 0.102. The molecule has 3 aromatic rings. The second-order valence-corrected chi connectivity index (χ2v) is 7.62. The SMILES string of the molecule is CC(=O)c1sccc1C#CCNC(=O)OCC1c2ccccc2-c2ccccc21. The zero-order valence-corrected chi connectivity index (χ0v) is 16.7. The Bertz CT molecular complexity index is 1090. The highest BCUT2D eigenvalue weighted by Gasteiger charge is 2.28. The normalized spacial score (nSPS) is 11.8. The van der Waals surface area contributed by atoms with Crippen molar-refractivity contribution in [3.05, 3.63) is 81.5 Å². The lowest BCUT2D eigenvalue weighted by Crippen LogP contribution is -2.26. The van der Waals surface area contributed by atoms with E-state index in [1.165, 1.54) is 40.5 Å². The molecule has 1 aromatic heterocycles. The maximum absolute atomic E-state index is 12.1. The summed E-state index contributed by atoms with van der Waals surface area (Å²) in [5.74, 6) is 5.81. The zero-order valence-electron chi connectivity index (χ0n) is 15.9. The minimum absolute atomic E-state index is 0.00575. The second kappa shape index (κ2) is 8.34. The second-order valence-electron chi connectivity index (χ2n) is 6.70. The summed E-state index contributed by atoms with van der Waals surface area (Å²) in [4.78, 5) is 24.3. The predicted octanol–water partition coefficient (Wildman–Crippen LogP) is 4.84. The molecule has 0 radical (unpaired) electrons. The van der Waals surface area contributed by atoms with Crippen LogP contribution < -0.4 is 5.32 Å². The van der Waals surface area contributed by atoms with Gasteiger partial charge in [0.1, 0.15) is 6.61 Å². The van der Waals surface area contributed by atoms with Crippen molar-refractivity contribution in [3.8, 4) is 23.0 Å². The number of ether oxygens (including phenoxy) is 1. The van der Waals surface area contributed by atoms with Gasteiger partial charge >= 0.3 is 6.09 Å². The Morgan fingerprint density at radius 3 is 2.34 bits per heavy atom. The van der Waals surface area contributed by atoms with Gasteiger partial charge in [-0.25, -0.2) is 4.79 Å². The van der Waals surface area contributed by atoms with Crippen LogP contribution in [0.3, 0.4) is 0 Å². The smallest absolute Gasteiger partial charge is 0.407 e. The summed E-state index contributed by atoms with van der Waals surface area (Å²) < 4.78 is 5.47. The number of hydrogen-bond donors (Lipinski definition) is 1. The van der Waals surface area contributed by atoms with E-state index in [9.17, 15) is 9.59 Å². The standard InChI is InChI=1S/C24H19NO3S/c1-16(26)23-17(12-14-29-23)7-6-13-25-24(27)28-15-22-20-10-4-2-8-18(20)19-9-3-5-11-21(19)22/h2-5,8-12,14,22H,13,15H2,1H3,(H,25,27). The van der Waals surface area contributed by atoms with E-state index in [0.29, 0.717) is 10.4 Å². The number of fused-ring (bicyclic) bond motifs is 3. The first kappa shape index (κ1) is 19.0. The highest BCUT2D eigenvalue weighted by Crippen LogP contribution is 2.44. The third-order valence-corrected chi connectivity index (χ3v) is 5.89. The Kier molecular flexibility index (Phi) is 5.46. The van der Waals surface area contributed by atoms with Crippen molar-refractivity contribution < 1.29 is 14.3 Å². The van der Waals surface area contributed by atoms with Crippen LogP contribution >= 0.6 is 11.3 Å². The van der Waals surface area contributed by atoms with Crippen molar-refractivity contribution in [2.75, 3.05) is 13.2 Å². The number of amides is 1. The summed E-state index contributed by atoms with van der Waals surface area (Å²) in [5.41, 5.74) is 5.43. The summed E-state index contributed by atoms with van der Waals surface area (Å²) in [6.07, 6.45) is -0.502. The Hall–Kier alpha value is -3.36. The van der Waals surface area contributed by atoms with Crippen LogP contribution in [0.5, 0.6) is 0 Å². The van der Waals surface area contributed by atoms with E-state index in [-0.39, 0.29) is 24.9 Å². The minimum atomic E-state index is -0.502. The van der Waals surface area contributed by atoms with Crippen molar-refractivity contribution in [3.63, 3.8) is 0 Å². The Morgan fingerprint density at radius 2 is 1.69 bits per heavy atom. The van der Waals surface area contributed by atoms with Gasteiger partial charge in [-0.15, -0.1) is 11.3 Å². The molecule has 1 amide bonds. The number of hydrogen-bond acceptors (Lipinski definition) is 4. The van der Waals surface area contributed by atoms with Crippen LogP contribution in [0.4, 0.5) is 4.79 Å². The van der Waals surface area contributed by atoms with Gasteiger partial charge in [-0.2, -0.15) is 0 Å². The molecule has 2 aromatic carbocycles. The van der Waals surface area contributed by atoms with E-state index >= 15 is 0 Å². The van der Waals surface area contributed by atoms with Crippen LogP contribution in [0.1, 0.15) is 39.2 Å². The number of alkyl carbamates (subject to hydrolysis) is 1. The molecule has 0 spiro atoms. The van der Waals surface area contributed by atoms with E-state index in [1.54, 1.807) is 0 Å². The van der Waals surface area contributed by atoms with Crippen molar-refractivity contribution in [2.45, 2.75) is 12.8 Å². The van der Waals surface area contributed by atoms with E-state index in [1.807, 2.05) is 35.7 Å². The highest BCUT2D eigenvalue weighted by molar-refractivity contribution is 7.12. The summed E-state index contributed by atoms with van der Waals surface area (Å²) in [5, 5.41) is 4.48. The summed E-state index contributed by atoms with van der Waals surface area (Å²) >= 11 is 1.37. The van der Waals surface area contributed by atoms with Gasteiger partial charge in [0.05, 0.1) is 11.4 Å². The van der Waals surface area contributed by atoms with E-state index in [2.05, 4.69) is 41.4 Å². The highest BCUT2D eigenvalue weighted by atomic mass is 32.1. The molecule has 0 bridgehead atoms. The molecule has 29 heavy (non-hydrogen) atoms. The maximum Gasteiger partial charge on any atom is 0.407 e. The fourth-order valence-corrected chi connectivity index (χ4v) is 4.34. The molecule has 5 heteroatoms. The average molecular weight is 401 g/mol. The van der Waals surface area contributed by atoms with Gasteiger partial charge in [0, 0.05) is 11.5 Å². The molecule has 1 N–H and O–H groups in total. The number of Topliss-reactive ketones (excluding diaryl/α,β-unsaturated/α-hetero) is 1. The van der Waals surface area contributed by atoms with Crippen molar-refractivity contribution in [1.82, 2.24) is 5.32 Å². The molecule has 4 nitrogen and oxygen atoms in total. The molecule has 0 fully saturated rings. The number of rotatable bonds is 4. The van der Waals surface area contributed by atoms with Gasteiger partial charge in [-0.05, 0) is 40.6 Å². The number of nitrogens with one attached hydrogen (secondary N) is 1. The van der Waals surface area contributed by atoms with E-state index in [0.717, 1.165) is 0 Å². The van der Waals surface area contributed by atoms with Crippen LogP contribution in [0.15, 0.2) is 60.0 Å². The Morgan fingerprint density at radius 1 is 1.03 bits per heavy atom. The minimum Gasteiger partial charge on any atom is -0.449 e. The number of carbonyl (C=O) groups excluding carboxylic acids is 2. The Labute approximate surface area is 173 Å². The molecule has 0 unspecified atom stereocenters. The van der Waals surface area contributed by atoms with Crippen LogP contribution in [-0.2, 0) is 4.74 Å². The molecule has 1 aliphatic rings. The van der Waals surface area contributed by atoms with Gasteiger partial charge in [-0.3, -0.25) is 4.79 Å². The fourth-order valence-electron chi connectivity index (χ4n) is 3.59. The molecular formula is C24H19NO3S. The van der Waals surface area contributed by atoms with Crippen molar-refractivity contribution in [1.29, 1.82) is 0 Å². The monoisotopic (exact) mass is 401 g/mol. The molecule has 0 atom stereocenters. The molecule has 0 saturated heterocycles. The number of thiophene rings is 1. The molecule has 1 heterocycles. The number of carbonyl (C=O) groups is 2. The number of ketones is 1. The third kappa shape index (κ3) is 3.94. The van der Waals surface area contributed by atoms with Gasteiger partial charge in [0.15, 0.2) is 5.78 Å². The van der Waals surface area contributed by atoms with Crippen molar-refractivity contribution in [2.24, 2.45) is 0 Å². The predicted molar refractivity (Wildman–Crippen MR) is 114 cm³/mol. The van der Waals surface area contributed by atoms with Gasteiger partial charge in [0.2, 0.25) is 0 Å². The van der Waals surface area contributed by atoms with Crippen LogP contribution in [0.2, 0.25) is 0 Å². The first-order valence-electron chi connectivity index (χ1n) is 9.31. The largest absolute Gasteiger partial charge is 0.449 e. The lowest BCUT2D eigenvalue weighted by Gasteiger charge is -2.14. The molecule has 4 rings (SSSR count). The third-order valence-electron chi connectivity index (χ3n) is 4.87. The van der Waals surface area contributed by atoms with E-state index < -0.39 is 6.09 Å². The summed E-state index contributed by atoms with van der Waals surface area (Å²) in [7, 11) is 0.